The second-order valence-corrected chi connectivity index (χ2v) is 7.37. The van der Waals surface area contributed by atoms with Gasteiger partial charge in [0.1, 0.15) is 5.75 Å². The van der Waals surface area contributed by atoms with E-state index in [1.54, 1.807) is 7.11 Å². The Balaban J connectivity index is 1.60. The number of benzene rings is 1. The summed E-state index contributed by atoms with van der Waals surface area (Å²) in [4.78, 5) is 24.6. The van der Waals surface area contributed by atoms with Crippen LogP contribution in [0.5, 0.6) is 5.75 Å². The summed E-state index contributed by atoms with van der Waals surface area (Å²) in [5.74, 6) is 0.650. The smallest absolute Gasteiger partial charge is 0.253 e. The molecule has 1 aromatic carbocycles. The third-order valence-electron chi connectivity index (χ3n) is 5.36. The first-order valence-corrected chi connectivity index (χ1v) is 9.90. The molecule has 0 atom stereocenters. The largest absolute Gasteiger partial charge is 0.497 e. The van der Waals surface area contributed by atoms with Gasteiger partial charge in [-0.2, -0.15) is 0 Å². The van der Waals surface area contributed by atoms with Crippen molar-refractivity contribution in [3.63, 3.8) is 0 Å². The van der Waals surface area contributed by atoms with Crippen molar-refractivity contribution in [2.45, 2.75) is 52.0 Å². The zero-order valence-corrected chi connectivity index (χ0v) is 16.9. The van der Waals surface area contributed by atoms with Crippen LogP contribution in [-0.4, -0.2) is 36.1 Å². The number of nitrogens with one attached hydrogen (secondary N) is 2. The second kappa shape index (κ2) is 8.95. The summed E-state index contributed by atoms with van der Waals surface area (Å²) in [6, 6.07) is 9.93. The van der Waals surface area contributed by atoms with Gasteiger partial charge in [0.2, 0.25) is 5.91 Å². The van der Waals surface area contributed by atoms with Gasteiger partial charge in [0.05, 0.1) is 12.7 Å². The normalized spacial score (nSPS) is 14.1. The van der Waals surface area contributed by atoms with Crippen LogP contribution in [0.3, 0.4) is 0 Å². The van der Waals surface area contributed by atoms with Crippen LogP contribution < -0.4 is 15.4 Å². The molecule has 2 aromatic rings. The Hall–Kier alpha value is -2.76. The molecular formula is C22H29N3O3. The molecule has 1 fully saturated rings. The molecule has 0 aliphatic heterocycles. The lowest BCUT2D eigenvalue weighted by molar-refractivity contribution is -0.121. The lowest BCUT2D eigenvalue weighted by Crippen LogP contribution is -2.35. The van der Waals surface area contributed by atoms with E-state index < -0.39 is 0 Å². The van der Waals surface area contributed by atoms with Crippen molar-refractivity contribution in [3.8, 4) is 11.4 Å². The quantitative estimate of drug-likeness (QED) is 0.771. The van der Waals surface area contributed by atoms with Crippen molar-refractivity contribution in [2.75, 3.05) is 13.7 Å². The van der Waals surface area contributed by atoms with Crippen molar-refractivity contribution in [3.05, 3.63) is 47.3 Å². The molecule has 3 rings (SSSR count). The van der Waals surface area contributed by atoms with Gasteiger partial charge in [0, 0.05) is 36.1 Å². The van der Waals surface area contributed by atoms with Crippen molar-refractivity contribution in [2.24, 2.45) is 0 Å². The van der Waals surface area contributed by atoms with Gasteiger partial charge in [-0.05, 0) is 57.0 Å². The van der Waals surface area contributed by atoms with Gasteiger partial charge in [0.15, 0.2) is 0 Å². The number of methoxy groups -OCH3 is 1. The fourth-order valence-electron chi connectivity index (χ4n) is 3.88. The number of amides is 2. The summed E-state index contributed by atoms with van der Waals surface area (Å²) in [7, 11) is 1.64. The highest BCUT2D eigenvalue weighted by atomic mass is 16.5. The number of hydrogen-bond donors (Lipinski definition) is 2. The minimum Gasteiger partial charge on any atom is -0.497 e. The third kappa shape index (κ3) is 4.55. The van der Waals surface area contributed by atoms with Crippen LogP contribution >= 0.6 is 0 Å². The summed E-state index contributed by atoms with van der Waals surface area (Å²) in [5.41, 5.74) is 3.46. The summed E-state index contributed by atoms with van der Waals surface area (Å²) < 4.78 is 7.25. The number of carbonyl (C=O) groups is 2. The summed E-state index contributed by atoms with van der Waals surface area (Å²) in [6.45, 7) is 4.24. The molecule has 0 saturated heterocycles. The fraction of sp³-hybridized carbons (Fsp3) is 0.455. The Labute approximate surface area is 166 Å². The molecule has 1 heterocycles. The fourth-order valence-corrected chi connectivity index (χ4v) is 3.88. The Morgan fingerprint density at radius 3 is 2.46 bits per heavy atom. The first-order chi connectivity index (χ1) is 13.5. The molecule has 0 radical (unpaired) electrons. The first kappa shape index (κ1) is 20.0. The van der Waals surface area contributed by atoms with E-state index in [2.05, 4.69) is 10.6 Å². The van der Waals surface area contributed by atoms with E-state index in [-0.39, 0.29) is 11.8 Å². The molecule has 28 heavy (non-hydrogen) atoms. The maximum absolute atomic E-state index is 12.6. The van der Waals surface area contributed by atoms with Crippen molar-refractivity contribution in [1.82, 2.24) is 15.2 Å². The Morgan fingerprint density at radius 1 is 1.14 bits per heavy atom. The molecule has 6 heteroatoms. The van der Waals surface area contributed by atoms with Crippen molar-refractivity contribution in [1.29, 1.82) is 0 Å². The molecule has 0 bridgehead atoms. The van der Waals surface area contributed by atoms with Crippen LogP contribution in [0, 0.1) is 13.8 Å². The Bertz CT molecular complexity index is 833. The molecule has 150 valence electrons. The number of nitrogens with zero attached hydrogens (tertiary/aromatic N) is 1. The van der Waals surface area contributed by atoms with E-state index in [4.69, 9.17) is 4.74 Å². The second-order valence-electron chi connectivity index (χ2n) is 7.37. The van der Waals surface area contributed by atoms with Crippen LogP contribution in [-0.2, 0) is 4.79 Å². The third-order valence-corrected chi connectivity index (χ3v) is 5.36. The van der Waals surface area contributed by atoms with E-state index in [0.29, 0.717) is 24.6 Å². The highest BCUT2D eigenvalue weighted by Gasteiger charge is 2.19. The minimum absolute atomic E-state index is 0.0101. The van der Waals surface area contributed by atoms with E-state index >= 15 is 0 Å². The molecule has 1 aromatic heterocycles. The van der Waals surface area contributed by atoms with Crippen molar-refractivity contribution >= 4 is 11.8 Å². The van der Waals surface area contributed by atoms with Crippen molar-refractivity contribution < 1.29 is 14.3 Å². The SMILES string of the molecule is COc1ccc(-n2c(C)cc(C(=O)NCCC(=O)NC3CCCC3)c2C)cc1. The van der Waals surface area contributed by atoms with Gasteiger partial charge in [-0.3, -0.25) is 9.59 Å². The molecule has 6 nitrogen and oxygen atoms in total. The maximum atomic E-state index is 12.6. The summed E-state index contributed by atoms with van der Waals surface area (Å²) in [5, 5.41) is 5.92. The van der Waals surface area contributed by atoms with E-state index in [9.17, 15) is 9.59 Å². The van der Waals surface area contributed by atoms with E-state index in [0.717, 1.165) is 35.7 Å². The lowest BCUT2D eigenvalue weighted by atomic mass is 10.2. The maximum Gasteiger partial charge on any atom is 0.253 e. The number of rotatable bonds is 7. The van der Waals surface area contributed by atoms with Gasteiger partial charge in [0.25, 0.3) is 5.91 Å². The monoisotopic (exact) mass is 383 g/mol. The highest BCUT2D eigenvalue weighted by molar-refractivity contribution is 5.96. The van der Waals surface area contributed by atoms with Crippen LogP contribution in [0.25, 0.3) is 5.69 Å². The van der Waals surface area contributed by atoms with Crippen LogP contribution in [0.4, 0.5) is 0 Å². The summed E-state index contributed by atoms with van der Waals surface area (Å²) in [6.07, 6.45) is 4.81. The first-order valence-electron chi connectivity index (χ1n) is 9.90. The molecule has 1 aliphatic rings. The number of hydrogen-bond acceptors (Lipinski definition) is 3. The van der Waals surface area contributed by atoms with E-state index in [1.807, 2.05) is 48.7 Å². The minimum atomic E-state index is -0.151. The highest BCUT2D eigenvalue weighted by Crippen LogP contribution is 2.23. The standard InChI is InChI=1S/C22H29N3O3/c1-15-14-20(16(2)25(15)18-8-10-19(28-3)11-9-18)22(27)23-13-12-21(26)24-17-6-4-5-7-17/h8-11,14,17H,4-7,12-13H2,1-3H3,(H,23,27)(H,24,26). The Morgan fingerprint density at radius 2 is 1.82 bits per heavy atom. The zero-order chi connectivity index (χ0) is 20.1. The van der Waals surface area contributed by atoms with Gasteiger partial charge < -0.3 is 19.9 Å². The number of ether oxygens (including phenoxy) is 1. The number of aryl methyl sites for hydroxylation is 1. The predicted molar refractivity (Wildman–Crippen MR) is 109 cm³/mol. The molecule has 2 amide bonds. The Kier molecular flexibility index (Phi) is 6.39. The van der Waals surface area contributed by atoms with Crippen LogP contribution in [0.15, 0.2) is 30.3 Å². The van der Waals surface area contributed by atoms with Crippen LogP contribution in [0.1, 0.15) is 53.8 Å². The van der Waals surface area contributed by atoms with Crippen LogP contribution in [0.2, 0.25) is 0 Å². The average molecular weight is 383 g/mol. The van der Waals surface area contributed by atoms with Gasteiger partial charge >= 0.3 is 0 Å². The zero-order valence-electron chi connectivity index (χ0n) is 16.9. The molecule has 0 unspecified atom stereocenters. The van der Waals surface area contributed by atoms with Gasteiger partial charge in [-0.15, -0.1) is 0 Å². The van der Waals surface area contributed by atoms with Gasteiger partial charge in [-0.25, -0.2) is 0 Å². The molecule has 1 aliphatic carbocycles. The number of carbonyl (C=O) groups excluding carboxylic acids is 2. The topological polar surface area (TPSA) is 72.4 Å². The average Bonchev–Trinajstić information content (AvgIpc) is 3.29. The van der Waals surface area contributed by atoms with Gasteiger partial charge in [-0.1, -0.05) is 12.8 Å². The lowest BCUT2D eigenvalue weighted by Gasteiger charge is -2.12. The molecule has 1 saturated carbocycles. The molecular weight excluding hydrogens is 354 g/mol. The van der Waals surface area contributed by atoms with E-state index in [1.165, 1.54) is 12.8 Å². The predicted octanol–water partition coefficient (Wildman–Crippen LogP) is 3.28. The molecule has 0 spiro atoms. The summed E-state index contributed by atoms with van der Waals surface area (Å²) >= 11 is 0. The molecule has 2 N–H and O–H groups in total. The number of aromatic nitrogens is 1.